The quantitative estimate of drug-likeness (QED) is 0.780. The number of carbonyl (C=O) groups excluding carboxylic acids is 1. The van der Waals surface area contributed by atoms with Gasteiger partial charge in [0, 0.05) is 43.9 Å². The minimum Gasteiger partial charge on any atom is -0.375 e. The van der Waals surface area contributed by atoms with Crippen LogP contribution in [0.4, 0.5) is 0 Å². The molecule has 0 fully saturated rings. The van der Waals surface area contributed by atoms with Crippen LogP contribution in [-0.2, 0) is 14.8 Å². The van der Waals surface area contributed by atoms with E-state index in [0.717, 1.165) is 9.87 Å². The Hall–Kier alpha value is -1.93. The van der Waals surface area contributed by atoms with Crippen molar-refractivity contribution in [3.05, 3.63) is 64.7 Å². The maximum atomic E-state index is 12.3. The normalized spacial score (nSPS) is 12.8. The number of benzene rings is 2. The van der Waals surface area contributed by atoms with E-state index in [9.17, 15) is 13.2 Å². The molecule has 0 saturated heterocycles. The van der Waals surface area contributed by atoms with Gasteiger partial charge < -0.3 is 10.1 Å². The molecule has 6 nitrogen and oxygen atoms in total. The van der Waals surface area contributed by atoms with Crippen LogP contribution in [0.15, 0.2) is 53.4 Å². The van der Waals surface area contributed by atoms with E-state index in [4.69, 9.17) is 16.3 Å². The maximum Gasteiger partial charge on any atom is 0.251 e. The van der Waals surface area contributed by atoms with Crippen LogP contribution in [0.5, 0.6) is 0 Å². The van der Waals surface area contributed by atoms with Crippen LogP contribution in [0.3, 0.4) is 0 Å². The molecule has 2 aromatic rings. The van der Waals surface area contributed by atoms with Gasteiger partial charge in [0.15, 0.2) is 0 Å². The maximum absolute atomic E-state index is 12.3. The smallest absolute Gasteiger partial charge is 0.251 e. The summed E-state index contributed by atoms with van der Waals surface area (Å²) in [5.41, 5.74) is 1.14. The number of hydrogen-bond acceptors (Lipinski definition) is 4. The molecule has 0 aromatic heterocycles. The van der Waals surface area contributed by atoms with Gasteiger partial charge in [-0.1, -0.05) is 29.8 Å². The first kappa shape index (κ1) is 20.4. The zero-order valence-corrected chi connectivity index (χ0v) is 16.3. The monoisotopic (exact) mass is 396 g/mol. The van der Waals surface area contributed by atoms with E-state index < -0.39 is 10.0 Å². The zero-order valence-electron chi connectivity index (χ0n) is 14.8. The Morgan fingerprint density at radius 1 is 1.15 bits per heavy atom. The predicted molar refractivity (Wildman–Crippen MR) is 101 cm³/mol. The molecule has 2 rings (SSSR count). The molecule has 0 bridgehead atoms. The van der Waals surface area contributed by atoms with Crippen LogP contribution in [0, 0.1) is 0 Å². The van der Waals surface area contributed by atoms with E-state index in [1.165, 1.54) is 38.4 Å². The fraction of sp³-hybridized carbons (Fsp3) is 0.278. The lowest BCUT2D eigenvalue weighted by molar-refractivity contribution is 0.0828. The van der Waals surface area contributed by atoms with Gasteiger partial charge in [-0.15, -0.1) is 0 Å². The molecular formula is C18H21ClN2O4S. The van der Waals surface area contributed by atoms with E-state index in [1.807, 2.05) is 18.2 Å². The summed E-state index contributed by atoms with van der Waals surface area (Å²) < 4.78 is 30.6. The van der Waals surface area contributed by atoms with Gasteiger partial charge in [0.05, 0.1) is 4.90 Å². The van der Waals surface area contributed by atoms with Gasteiger partial charge in [-0.2, -0.15) is 0 Å². The van der Waals surface area contributed by atoms with Crippen LogP contribution in [0.25, 0.3) is 0 Å². The van der Waals surface area contributed by atoms with Gasteiger partial charge in [0.1, 0.15) is 6.10 Å². The van der Waals surface area contributed by atoms with Crippen molar-refractivity contribution in [1.29, 1.82) is 0 Å². The summed E-state index contributed by atoms with van der Waals surface area (Å²) >= 11 is 6.16. The van der Waals surface area contributed by atoms with Crippen molar-refractivity contribution in [2.75, 3.05) is 27.7 Å². The molecule has 2 aromatic carbocycles. The Morgan fingerprint density at radius 2 is 1.77 bits per heavy atom. The fourth-order valence-corrected chi connectivity index (χ4v) is 3.49. The number of carbonyl (C=O) groups is 1. The van der Waals surface area contributed by atoms with Crippen LogP contribution >= 0.6 is 11.6 Å². The summed E-state index contributed by atoms with van der Waals surface area (Å²) in [4.78, 5) is 12.4. The van der Waals surface area contributed by atoms with Crippen molar-refractivity contribution in [3.63, 3.8) is 0 Å². The number of halogens is 1. The summed E-state index contributed by atoms with van der Waals surface area (Å²) in [6.45, 7) is 0.233. The number of nitrogens with zero attached hydrogens (tertiary/aromatic N) is 1. The molecule has 0 heterocycles. The molecule has 1 amide bonds. The van der Waals surface area contributed by atoms with Crippen molar-refractivity contribution < 1.29 is 17.9 Å². The van der Waals surface area contributed by atoms with Gasteiger partial charge in [-0.25, -0.2) is 12.7 Å². The Kier molecular flexibility index (Phi) is 6.77. The van der Waals surface area contributed by atoms with Crippen LogP contribution in [-0.4, -0.2) is 46.4 Å². The third-order valence-corrected chi connectivity index (χ3v) is 6.05. The first-order valence-corrected chi connectivity index (χ1v) is 9.67. The molecule has 0 radical (unpaired) electrons. The highest BCUT2D eigenvalue weighted by molar-refractivity contribution is 7.89. The van der Waals surface area contributed by atoms with Crippen LogP contribution in [0.2, 0.25) is 5.02 Å². The number of sulfonamides is 1. The summed E-state index contributed by atoms with van der Waals surface area (Å²) in [6.07, 6.45) is -0.388. The summed E-state index contributed by atoms with van der Waals surface area (Å²) in [6, 6.07) is 13.0. The summed E-state index contributed by atoms with van der Waals surface area (Å²) in [5, 5.41) is 3.34. The number of methoxy groups -OCH3 is 1. The number of amides is 1. The van der Waals surface area contributed by atoms with Crippen LogP contribution < -0.4 is 5.32 Å². The van der Waals surface area contributed by atoms with Gasteiger partial charge >= 0.3 is 0 Å². The van der Waals surface area contributed by atoms with Crippen molar-refractivity contribution in [1.82, 2.24) is 9.62 Å². The van der Waals surface area contributed by atoms with Gasteiger partial charge in [-0.05, 0) is 30.3 Å². The molecule has 0 spiro atoms. The minimum atomic E-state index is -3.52. The lowest BCUT2D eigenvalue weighted by Gasteiger charge is -2.18. The Morgan fingerprint density at radius 3 is 2.31 bits per heavy atom. The Bertz CT molecular complexity index is 867. The minimum absolute atomic E-state index is 0.130. The zero-order chi connectivity index (χ0) is 19.3. The summed E-state index contributed by atoms with van der Waals surface area (Å²) in [7, 11) is 0.928. The van der Waals surface area contributed by atoms with Gasteiger partial charge in [0.25, 0.3) is 5.91 Å². The number of nitrogens with one attached hydrogen (secondary N) is 1. The highest BCUT2D eigenvalue weighted by atomic mass is 35.5. The molecule has 140 valence electrons. The third-order valence-electron chi connectivity index (χ3n) is 3.88. The third kappa shape index (κ3) is 4.62. The van der Waals surface area contributed by atoms with Gasteiger partial charge in [-0.3, -0.25) is 4.79 Å². The fourth-order valence-electron chi connectivity index (χ4n) is 2.33. The first-order valence-electron chi connectivity index (χ1n) is 7.85. The molecule has 0 aliphatic rings. The molecule has 8 heteroatoms. The van der Waals surface area contributed by atoms with Crippen LogP contribution in [0.1, 0.15) is 22.0 Å². The second-order valence-corrected chi connectivity index (χ2v) is 8.33. The first-order chi connectivity index (χ1) is 12.3. The second-order valence-electron chi connectivity index (χ2n) is 5.77. The average Bonchev–Trinajstić information content (AvgIpc) is 2.63. The summed E-state index contributed by atoms with van der Waals surface area (Å²) in [5.74, 6) is -0.326. The molecule has 26 heavy (non-hydrogen) atoms. The van der Waals surface area contributed by atoms with Crippen molar-refractivity contribution >= 4 is 27.5 Å². The molecule has 0 unspecified atom stereocenters. The molecular weight excluding hydrogens is 376 g/mol. The lowest BCUT2D eigenvalue weighted by atomic mass is 10.1. The number of hydrogen-bond donors (Lipinski definition) is 1. The molecule has 1 N–H and O–H groups in total. The molecule has 0 saturated carbocycles. The van der Waals surface area contributed by atoms with E-state index in [1.54, 1.807) is 13.2 Å². The average molecular weight is 397 g/mol. The van der Waals surface area contributed by atoms with Crippen molar-refractivity contribution in [2.24, 2.45) is 0 Å². The largest absolute Gasteiger partial charge is 0.375 e. The standard InChI is InChI=1S/C18H21ClN2O4S/c1-21(2)26(23,24)14-10-8-13(9-11-14)18(22)20-12-17(25-3)15-6-4-5-7-16(15)19/h4-11,17H,12H2,1-3H3,(H,20,22)/t17-/m0/s1. The lowest BCUT2D eigenvalue weighted by Crippen LogP contribution is -2.29. The molecule has 1 atom stereocenters. The number of rotatable bonds is 7. The highest BCUT2D eigenvalue weighted by Gasteiger charge is 2.18. The SMILES string of the molecule is CO[C@@H](CNC(=O)c1ccc(S(=O)(=O)N(C)C)cc1)c1ccccc1Cl. The number of ether oxygens (including phenoxy) is 1. The topological polar surface area (TPSA) is 75.7 Å². The van der Waals surface area contributed by atoms with E-state index in [0.29, 0.717) is 10.6 Å². The van der Waals surface area contributed by atoms with Crippen molar-refractivity contribution in [3.8, 4) is 0 Å². The van der Waals surface area contributed by atoms with E-state index >= 15 is 0 Å². The molecule has 0 aliphatic carbocycles. The van der Waals surface area contributed by atoms with Gasteiger partial charge in [0.2, 0.25) is 10.0 Å². The predicted octanol–water partition coefficient (Wildman–Crippen LogP) is 2.71. The molecule has 0 aliphatic heterocycles. The Labute approximate surface area is 158 Å². The van der Waals surface area contributed by atoms with Crippen molar-refractivity contribution in [2.45, 2.75) is 11.0 Å². The van der Waals surface area contributed by atoms with E-state index in [2.05, 4.69) is 5.32 Å². The highest BCUT2D eigenvalue weighted by Crippen LogP contribution is 2.24. The van der Waals surface area contributed by atoms with E-state index in [-0.39, 0.29) is 23.5 Å². The second kappa shape index (κ2) is 8.64. The Balaban J connectivity index is 2.07.